The van der Waals surface area contributed by atoms with E-state index in [1.807, 2.05) is 0 Å². The standard InChI is InChI=1S/C11H23NO3/c1-10(2,3)6-7-15-8-11(4,12-5)9(13)14/h12H,6-8H2,1-5H3,(H,13,14). The van der Waals surface area contributed by atoms with Crippen molar-refractivity contribution in [1.82, 2.24) is 5.32 Å². The Bertz CT molecular complexity index is 210. The van der Waals surface area contributed by atoms with Crippen LogP contribution in [0.4, 0.5) is 0 Å². The van der Waals surface area contributed by atoms with Crippen LogP contribution in [0.25, 0.3) is 0 Å². The van der Waals surface area contributed by atoms with Crippen LogP contribution >= 0.6 is 0 Å². The molecule has 4 nitrogen and oxygen atoms in total. The van der Waals surface area contributed by atoms with Gasteiger partial charge in [0.05, 0.1) is 6.61 Å². The van der Waals surface area contributed by atoms with Gasteiger partial charge < -0.3 is 15.2 Å². The largest absolute Gasteiger partial charge is 0.480 e. The number of carboxylic acid groups (broad SMARTS) is 1. The Hall–Kier alpha value is -0.610. The topological polar surface area (TPSA) is 58.6 Å². The highest BCUT2D eigenvalue weighted by molar-refractivity contribution is 5.78. The molecule has 0 spiro atoms. The van der Waals surface area contributed by atoms with Crippen LogP contribution in [0.2, 0.25) is 0 Å². The van der Waals surface area contributed by atoms with Crippen LogP contribution in [0.1, 0.15) is 34.1 Å². The number of carbonyl (C=O) groups is 1. The summed E-state index contributed by atoms with van der Waals surface area (Å²) >= 11 is 0. The van der Waals surface area contributed by atoms with E-state index in [-0.39, 0.29) is 12.0 Å². The van der Waals surface area contributed by atoms with Crippen molar-refractivity contribution in [3.63, 3.8) is 0 Å². The minimum Gasteiger partial charge on any atom is -0.480 e. The molecule has 0 radical (unpaired) electrons. The smallest absolute Gasteiger partial charge is 0.326 e. The molecule has 90 valence electrons. The van der Waals surface area contributed by atoms with Gasteiger partial charge in [0.25, 0.3) is 0 Å². The van der Waals surface area contributed by atoms with Gasteiger partial charge in [-0.2, -0.15) is 0 Å². The molecule has 4 heteroatoms. The van der Waals surface area contributed by atoms with E-state index in [0.29, 0.717) is 6.61 Å². The minimum atomic E-state index is -0.988. The van der Waals surface area contributed by atoms with Gasteiger partial charge in [-0.3, -0.25) is 4.79 Å². The molecule has 0 aromatic heterocycles. The van der Waals surface area contributed by atoms with E-state index in [2.05, 4.69) is 26.1 Å². The van der Waals surface area contributed by atoms with Crippen LogP contribution in [0.15, 0.2) is 0 Å². The summed E-state index contributed by atoms with van der Waals surface area (Å²) in [5.41, 5.74) is -0.767. The molecule has 0 amide bonds. The Morgan fingerprint density at radius 1 is 1.33 bits per heavy atom. The average Bonchev–Trinajstić information content (AvgIpc) is 2.10. The van der Waals surface area contributed by atoms with Crippen molar-refractivity contribution in [3.8, 4) is 0 Å². The molecule has 15 heavy (non-hydrogen) atoms. The van der Waals surface area contributed by atoms with Crippen LogP contribution in [0.3, 0.4) is 0 Å². The summed E-state index contributed by atoms with van der Waals surface area (Å²) in [6, 6.07) is 0. The third kappa shape index (κ3) is 5.74. The quantitative estimate of drug-likeness (QED) is 0.662. The molecule has 2 N–H and O–H groups in total. The number of rotatable bonds is 6. The van der Waals surface area contributed by atoms with E-state index in [9.17, 15) is 4.79 Å². The summed E-state index contributed by atoms with van der Waals surface area (Å²) in [4.78, 5) is 10.9. The number of likely N-dealkylation sites (N-methyl/N-ethyl adjacent to an activating group) is 1. The number of carboxylic acids is 1. The van der Waals surface area contributed by atoms with Crippen molar-refractivity contribution in [2.24, 2.45) is 5.41 Å². The van der Waals surface area contributed by atoms with Gasteiger partial charge in [-0.05, 0) is 25.8 Å². The van der Waals surface area contributed by atoms with Gasteiger partial charge in [0, 0.05) is 6.61 Å². The molecular formula is C11H23NO3. The number of nitrogens with one attached hydrogen (secondary N) is 1. The lowest BCUT2D eigenvalue weighted by Crippen LogP contribution is -2.51. The fourth-order valence-corrected chi connectivity index (χ4v) is 0.895. The van der Waals surface area contributed by atoms with Crippen molar-refractivity contribution >= 4 is 5.97 Å². The fraction of sp³-hybridized carbons (Fsp3) is 0.909. The molecule has 0 saturated heterocycles. The second-order valence-electron chi connectivity index (χ2n) is 5.25. The molecule has 0 aliphatic heterocycles. The molecule has 0 aromatic carbocycles. The van der Waals surface area contributed by atoms with Gasteiger partial charge >= 0.3 is 5.97 Å². The summed E-state index contributed by atoms with van der Waals surface area (Å²) < 4.78 is 5.38. The summed E-state index contributed by atoms with van der Waals surface area (Å²) in [5.74, 6) is -0.888. The second-order valence-corrected chi connectivity index (χ2v) is 5.25. The molecule has 1 unspecified atom stereocenters. The first-order chi connectivity index (χ1) is 6.71. The molecule has 0 aromatic rings. The predicted octanol–water partition coefficient (Wildman–Crippen LogP) is 1.50. The summed E-state index contributed by atoms with van der Waals surface area (Å²) in [5, 5.41) is 11.7. The zero-order chi connectivity index (χ0) is 12.1. The van der Waals surface area contributed by atoms with Crippen LogP contribution in [-0.2, 0) is 9.53 Å². The van der Waals surface area contributed by atoms with Crippen molar-refractivity contribution in [3.05, 3.63) is 0 Å². The second kappa shape index (κ2) is 5.47. The Balaban J connectivity index is 3.89. The number of hydrogen-bond acceptors (Lipinski definition) is 3. The average molecular weight is 217 g/mol. The molecule has 0 rings (SSSR count). The highest BCUT2D eigenvalue weighted by Gasteiger charge is 2.31. The normalized spacial score (nSPS) is 16.1. The van der Waals surface area contributed by atoms with Crippen LogP contribution in [-0.4, -0.2) is 36.9 Å². The maximum absolute atomic E-state index is 10.9. The molecule has 0 aliphatic rings. The maximum Gasteiger partial charge on any atom is 0.326 e. The predicted molar refractivity (Wildman–Crippen MR) is 60.0 cm³/mol. The van der Waals surface area contributed by atoms with Crippen molar-refractivity contribution < 1.29 is 14.6 Å². The third-order valence-electron chi connectivity index (χ3n) is 2.41. The first-order valence-electron chi connectivity index (χ1n) is 5.21. The Labute approximate surface area is 92.0 Å². The Morgan fingerprint density at radius 2 is 1.87 bits per heavy atom. The summed E-state index contributed by atoms with van der Waals surface area (Å²) in [7, 11) is 1.63. The van der Waals surface area contributed by atoms with Crippen molar-refractivity contribution in [2.75, 3.05) is 20.3 Å². The first kappa shape index (κ1) is 14.4. The van der Waals surface area contributed by atoms with E-state index < -0.39 is 11.5 Å². The van der Waals surface area contributed by atoms with Crippen LogP contribution in [0, 0.1) is 5.41 Å². The van der Waals surface area contributed by atoms with Gasteiger partial charge in [0.15, 0.2) is 0 Å². The third-order valence-corrected chi connectivity index (χ3v) is 2.41. The molecule has 1 atom stereocenters. The monoisotopic (exact) mass is 217 g/mol. The number of ether oxygens (including phenoxy) is 1. The van der Waals surface area contributed by atoms with E-state index in [0.717, 1.165) is 6.42 Å². The molecule has 0 bridgehead atoms. The van der Waals surface area contributed by atoms with E-state index in [1.165, 1.54) is 0 Å². The van der Waals surface area contributed by atoms with E-state index in [4.69, 9.17) is 9.84 Å². The molecule has 0 heterocycles. The van der Waals surface area contributed by atoms with Gasteiger partial charge in [-0.25, -0.2) is 0 Å². The lowest BCUT2D eigenvalue weighted by atomic mass is 9.93. The minimum absolute atomic E-state index is 0.189. The van der Waals surface area contributed by atoms with E-state index >= 15 is 0 Å². The van der Waals surface area contributed by atoms with Crippen LogP contribution in [0.5, 0.6) is 0 Å². The van der Waals surface area contributed by atoms with E-state index in [1.54, 1.807) is 14.0 Å². The van der Waals surface area contributed by atoms with Crippen LogP contribution < -0.4 is 5.32 Å². The zero-order valence-electron chi connectivity index (χ0n) is 10.4. The van der Waals surface area contributed by atoms with Gasteiger partial charge in [0.1, 0.15) is 5.54 Å². The van der Waals surface area contributed by atoms with Gasteiger partial charge in [0.2, 0.25) is 0 Å². The zero-order valence-corrected chi connectivity index (χ0v) is 10.4. The van der Waals surface area contributed by atoms with Crippen molar-refractivity contribution in [2.45, 2.75) is 39.7 Å². The van der Waals surface area contributed by atoms with Crippen molar-refractivity contribution in [1.29, 1.82) is 0 Å². The fourth-order valence-electron chi connectivity index (χ4n) is 0.895. The molecule has 0 aliphatic carbocycles. The lowest BCUT2D eigenvalue weighted by molar-refractivity contribution is -0.146. The molecule has 0 fully saturated rings. The molecule has 0 saturated carbocycles. The van der Waals surface area contributed by atoms with Gasteiger partial charge in [-0.15, -0.1) is 0 Å². The highest BCUT2D eigenvalue weighted by atomic mass is 16.5. The lowest BCUT2D eigenvalue weighted by Gasteiger charge is -2.25. The maximum atomic E-state index is 10.9. The Morgan fingerprint density at radius 3 is 2.20 bits per heavy atom. The summed E-state index contributed by atoms with van der Waals surface area (Å²) in [6.45, 7) is 8.79. The highest BCUT2D eigenvalue weighted by Crippen LogP contribution is 2.18. The summed E-state index contributed by atoms with van der Waals surface area (Å²) in [6.07, 6.45) is 0.923. The Kier molecular flexibility index (Phi) is 5.24. The van der Waals surface area contributed by atoms with Gasteiger partial charge in [-0.1, -0.05) is 20.8 Å². The number of hydrogen-bond donors (Lipinski definition) is 2. The molecular weight excluding hydrogens is 194 g/mol. The number of aliphatic carboxylic acids is 1. The SMILES string of the molecule is CNC(C)(COCCC(C)(C)C)C(=O)O. The first-order valence-corrected chi connectivity index (χ1v) is 5.21.